The number of rotatable bonds is 3. The molecule has 0 radical (unpaired) electrons. The van der Waals surface area contributed by atoms with Gasteiger partial charge in [-0.2, -0.15) is 0 Å². The number of alkyl halides is 2. The fourth-order valence-electron chi connectivity index (χ4n) is 3.30. The van der Waals surface area contributed by atoms with Crippen LogP contribution >= 0.6 is 0 Å². The van der Waals surface area contributed by atoms with E-state index >= 15 is 0 Å². The van der Waals surface area contributed by atoms with Gasteiger partial charge >= 0.3 is 6.29 Å². The van der Waals surface area contributed by atoms with Crippen LogP contribution in [-0.4, -0.2) is 37.4 Å². The van der Waals surface area contributed by atoms with E-state index in [1.54, 1.807) is 12.1 Å². The molecule has 2 heterocycles. The third-order valence-electron chi connectivity index (χ3n) is 4.38. The largest absolute Gasteiger partial charge is 0.586 e. The first kappa shape index (κ1) is 13.3. The Labute approximate surface area is 122 Å². The van der Waals surface area contributed by atoms with Crippen LogP contribution in [0.5, 0.6) is 11.5 Å². The average molecular weight is 296 g/mol. The van der Waals surface area contributed by atoms with Crippen molar-refractivity contribution in [2.24, 2.45) is 5.92 Å². The Kier molecular flexibility index (Phi) is 3.04. The zero-order valence-electron chi connectivity index (χ0n) is 11.6. The van der Waals surface area contributed by atoms with Gasteiger partial charge in [-0.25, -0.2) is 0 Å². The molecule has 1 saturated heterocycles. The lowest BCUT2D eigenvalue weighted by Crippen LogP contribution is -2.45. The summed E-state index contributed by atoms with van der Waals surface area (Å²) < 4.78 is 35.3. The van der Waals surface area contributed by atoms with Gasteiger partial charge in [0.1, 0.15) is 0 Å². The molecular weight excluding hydrogens is 278 g/mol. The SMILES string of the molecule is FC1(F)Oc2ccc([C@@H](C3CC3)N3CCNCC3)cc2O1. The summed E-state index contributed by atoms with van der Waals surface area (Å²) in [5, 5.41) is 3.35. The second-order valence-electron chi connectivity index (χ2n) is 5.94. The maximum atomic E-state index is 13.1. The molecule has 1 aromatic rings. The fraction of sp³-hybridized carbons (Fsp3) is 0.600. The molecule has 4 rings (SSSR count). The normalized spacial score (nSPS) is 25.8. The highest BCUT2D eigenvalue weighted by Crippen LogP contribution is 2.48. The molecule has 0 bridgehead atoms. The van der Waals surface area contributed by atoms with Gasteiger partial charge in [-0.05, 0) is 36.5 Å². The zero-order valence-corrected chi connectivity index (χ0v) is 11.6. The third-order valence-corrected chi connectivity index (χ3v) is 4.38. The third kappa shape index (κ3) is 2.58. The molecule has 0 spiro atoms. The molecule has 1 aromatic carbocycles. The lowest BCUT2D eigenvalue weighted by atomic mass is 9.99. The summed E-state index contributed by atoms with van der Waals surface area (Å²) in [7, 11) is 0. The Morgan fingerprint density at radius 3 is 2.57 bits per heavy atom. The van der Waals surface area contributed by atoms with E-state index in [-0.39, 0.29) is 11.5 Å². The summed E-state index contributed by atoms with van der Waals surface area (Å²) in [5.41, 5.74) is 1.06. The molecule has 21 heavy (non-hydrogen) atoms. The van der Waals surface area contributed by atoms with Gasteiger partial charge in [-0.1, -0.05) is 6.07 Å². The first-order valence-corrected chi connectivity index (χ1v) is 7.47. The van der Waals surface area contributed by atoms with Crippen LogP contribution in [0.2, 0.25) is 0 Å². The molecular formula is C15H18F2N2O2. The minimum atomic E-state index is -3.54. The van der Waals surface area contributed by atoms with Crippen LogP contribution in [0.3, 0.4) is 0 Å². The van der Waals surface area contributed by atoms with Crippen LogP contribution in [0.4, 0.5) is 8.78 Å². The smallest absolute Gasteiger partial charge is 0.395 e. The second-order valence-corrected chi connectivity index (χ2v) is 5.94. The van der Waals surface area contributed by atoms with Crippen LogP contribution < -0.4 is 14.8 Å². The first-order chi connectivity index (χ1) is 10.1. The van der Waals surface area contributed by atoms with Crippen molar-refractivity contribution in [3.05, 3.63) is 23.8 Å². The standard InChI is InChI=1S/C15H18F2N2O2/c16-15(17)20-12-4-3-11(9-13(12)21-15)14(10-1-2-10)19-7-5-18-6-8-19/h3-4,9-10,14,18H,1-2,5-8H2/t14-/m1/s1. The number of ether oxygens (including phenoxy) is 2. The van der Waals surface area contributed by atoms with Crippen molar-refractivity contribution in [1.82, 2.24) is 10.2 Å². The molecule has 1 N–H and O–H groups in total. The molecule has 114 valence electrons. The predicted molar refractivity (Wildman–Crippen MR) is 72.6 cm³/mol. The van der Waals surface area contributed by atoms with E-state index in [2.05, 4.69) is 19.7 Å². The van der Waals surface area contributed by atoms with Gasteiger partial charge in [-0.3, -0.25) is 4.90 Å². The Hall–Kier alpha value is -1.40. The second kappa shape index (κ2) is 4.81. The summed E-state index contributed by atoms with van der Waals surface area (Å²) in [6, 6.07) is 5.52. The van der Waals surface area contributed by atoms with E-state index in [0.717, 1.165) is 31.7 Å². The van der Waals surface area contributed by atoms with Gasteiger partial charge in [-0.15, -0.1) is 8.78 Å². The first-order valence-electron chi connectivity index (χ1n) is 7.47. The number of hydrogen-bond donors (Lipinski definition) is 1. The van der Waals surface area contributed by atoms with E-state index in [1.165, 1.54) is 12.8 Å². The van der Waals surface area contributed by atoms with E-state index in [1.807, 2.05) is 6.07 Å². The monoisotopic (exact) mass is 296 g/mol. The van der Waals surface area contributed by atoms with Crippen LogP contribution in [0.25, 0.3) is 0 Å². The average Bonchev–Trinajstić information content (AvgIpc) is 3.22. The van der Waals surface area contributed by atoms with Gasteiger partial charge in [0, 0.05) is 32.2 Å². The predicted octanol–water partition coefficient (Wildman–Crippen LogP) is 2.36. The van der Waals surface area contributed by atoms with Crippen molar-refractivity contribution in [2.45, 2.75) is 25.2 Å². The van der Waals surface area contributed by atoms with E-state index in [4.69, 9.17) is 0 Å². The highest BCUT2D eigenvalue weighted by Gasteiger charge is 2.44. The minimum Gasteiger partial charge on any atom is -0.395 e. The van der Waals surface area contributed by atoms with Gasteiger partial charge in [0.15, 0.2) is 11.5 Å². The number of benzene rings is 1. The number of nitrogens with zero attached hydrogens (tertiary/aromatic N) is 1. The summed E-state index contributed by atoms with van der Waals surface area (Å²) in [5.74, 6) is 0.904. The molecule has 3 aliphatic rings. The van der Waals surface area contributed by atoms with Gasteiger partial charge < -0.3 is 14.8 Å². The van der Waals surface area contributed by atoms with Crippen molar-refractivity contribution < 1.29 is 18.3 Å². The summed E-state index contributed by atoms with van der Waals surface area (Å²) >= 11 is 0. The van der Waals surface area contributed by atoms with Gasteiger partial charge in [0.25, 0.3) is 0 Å². The number of nitrogens with one attached hydrogen (secondary N) is 1. The number of piperazine rings is 1. The molecule has 1 aliphatic carbocycles. The molecule has 1 saturated carbocycles. The highest BCUT2D eigenvalue weighted by atomic mass is 19.3. The van der Waals surface area contributed by atoms with Crippen LogP contribution in [0.1, 0.15) is 24.4 Å². The Morgan fingerprint density at radius 2 is 1.86 bits per heavy atom. The van der Waals surface area contributed by atoms with Crippen LogP contribution in [-0.2, 0) is 0 Å². The van der Waals surface area contributed by atoms with Crippen LogP contribution in [0.15, 0.2) is 18.2 Å². The van der Waals surface area contributed by atoms with Crippen molar-refractivity contribution in [1.29, 1.82) is 0 Å². The molecule has 1 atom stereocenters. The van der Waals surface area contributed by atoms with E-state index in [0.29, 0.717) is 12.0 Å². The fourth-order valence-corrected chi connectivity index (χ4v) is 3.30. The topological polar surface area (TPSA) is 33.7 Å². The maximum Gasteiger partial charge on any atom is 0.586 e. The summed E-state index contributed by atoms with van der Waals surface area (Å²) in [6.45, 7) is 3.94. The number of halogens is 2. The Morgan fingerprint density at radius 1 is 1.14 bits per heavy atom. The molecule has 0 amide bonds. The van der Waals surface area contributed by atoms with Crippen molar-refractivity contribution >= 4 is 0 Å². The van der Waals surface area contributed by atoms with Gasteiger partial charge in [0.2, 0.25) is 0 Å². The molecule has 2 aliphatic heterocycles. The Balaban J connectivity index is 1.62. The van der Waals surface area contributed by atoms with Crippen LogP contribution in [0, 0.1) is 5.92 Å². The van der Waals surface area contributed by atoms with Gasteiger partial charge in [0.05, 0.1) is 0 Å². The lowest BCUT2D eigenvalue weighted by molar-refractivity contribution is -0.286. The van der Waals surface area contributed by atoms with E-state index in [9.17, 15) is 8.78 Å². The number of hydrogen-bond acceptors (Lipinski definition) is 4. The molecule has 0 unspecified atom stereocenters. The van der Waals surface area contributed by atoms with Crippen molar-refractivity contribution in [3.63, 3.8) is 0 Å². The van der Waals surface area contributed by atoms with E-state index < -0.39 is 6.29 Å². The quantitative estimate of drug-likeness (QED) is 0.928. The minimum absolute atomic E-state index is 0.124. The maximum absolute atomic E-state index is 13.1. The molecule has 0 aromatic heterocycles. The molecule has 6 heteroatoms. The molecule has 4 nitrogen and oxygen atoms in total. The number of fused-ring (bicyclic) bond motifs is 1. The van der Waals surface area contributed by atoms with Crippen molar-refractivity contribution in [3.8, 4) is 11.5 Å². The highest BCUT2D eigenvalue weighted by molar-refractivity contribution is 5.46. The molecule has 2 fully saturated rings. The summed E-state index contributed by atoms with van der Waals surface area (Å²) in [6.07, 6.45) is -1.12. The van der Waals surface area contributed by atoms with Crippen molar-refractivity contribution in [2.75, 3.05) is 26.2 Å². The lowest BCUT2D eigenvalue weighted by Gasteiger charge is -2.35. The summed E-state index contributed by atoms with van der Waals surface area (Å²) in [4.78, 5) is 2.45. The Bertz CT molecular complexity index is 542. The zero-order chi connectivity index (χ0) is 14.4.